The molecule has 2 unspecified atom stereocenters. The molecule has 0 amide bonds. The highest BCUT2D eigenvalue weighted by Gasteiger charge is 2.60. The van der Waals surface area contributed by atoms with Gasteiger partial charge >= 0.3 is 5.97 Å². The van der Waals surface area contributed by atoms with E-state index < -0.39 is 17.0 Å². The minimum atomic E-state index is -0.616. The molecule has 1 aromatic rings. The number of ether oxygens (including phenoxy) is 2. The summed E-state index contributed by atoms with van der Waals surface area (Å²) in [6, 6.07) is 3.96. The number of alkyl halides is 1. The zero-order valence-electron chi connectivity index (χ0n) is 14.7. The summed E-state index contributed by atoms with van der Waals surface area (Å²) < 4.78 is 24.0. The Labute approximate surface area is 157 Å². The van der Waals surface area contributed by atoms with Crippen LogP contribution in [0.15, 0.2) is 18.2 Å². The van der Waals surface area contributed by atoms with Gasteiger partial charge in [-0.1, -0.05) is 0 Å². The maximum absolute atomic E-state index is 13.8. The number of hydrogen-bond acceptors (Lipinski definition) is 4. The highest BCUT2D eigenvalue weighted by Crippen LogP contribution is 2.64. The quantitative estimate of drug-likeness (QED) is 0.437. The predicted molar refractivity (Wildman–Crippen MR) is 93.9 cm³/mol. The number of esters is 1. The first kappa shape index (κ1) is 17.8. The van der Waals surface area contributed by atoms with Crippen LogP contribution >= 0.6 is 11.6 Å². The van der Waals surface area contributed by atoms with Crippen LogP contribution in [0.1, 0.15) is 48.9 Å². The van der Waals surface area contributed by atoms with E-state index in [0.717, 1.165) is 38.2 Å². The lowest BCUT2D eigenvalue weighted by atomic mass is 9.49. The van der Waals surface area contributed by atoms with Gasteiger partial charge in [-0.3, -0.25) is 9.59 Å². The first-order valence-corrected chi connectivity index (χ1v) is 9.43. The van der Waals surface area contributed by atoms with E-state index in [1.165, 1.54) is 19.2 Å². The van der Waals surface area contributed by atoms with Crippen molar-refractivity contribution in [3.8, 4) is 5.75 Å². The number of carbonyl (C=O) groups excluding carboxylic acids is 2. The van der Waals surface area contributed by atoms with Crippen molar-refractivity contribution in [2.45, 2.75) is 43.4 Å². The molecule has 26 heavy (non-hydrogen) atoms. The van der Waals surface area contributed by atoms with Gasteiger partial charge in [0.25, 0.3) is 0 Å². The van der Waals surface area contributed by atoms with Crippen molar-refractivity contribution >= 4 is 23.4 Å². The van der Waals surface area contributed by atoms with Crippen molar-refractivity contribution in [3.63, 3.8) is 0 Å². The monoisotopic (exact) mass is 380 g/mol. The third-order valence-corrected chi connectivity index (χ3v) is 6.67. The summed E-state index contributed by atoms with van der Waals surface area (Å²) in [7, 11) is 1.36. The third kappa shape index (κ3) is 3.00. The van der Waals surface area contributed by atoms with Crippen molar-refractivity contribution < 1.29 is 23.5 Å². The molecule has 4 bridgehead atoms. The van der Waals surface area contributed by atoms with Crippen molar-refractivity contribution in [1.82, 2.24) is 0 Å². The Balaban J connectivity index is 1.43. The number of benzene rings is 1. The topological polar surface area (TPSA) is 52.6 Å². The zero-order valence-corrected chi connectivity index (χ0v) is 15.5. The van der Waals surface area contributed by atoms with Crippen LogP contribution in [0.2, 0.25) is 0 Å². The molecule has 4 saturated carbocycles. The van der Waals surface area contributed by atoms with Crippen molar-refractivity contribution in [3.05, 3.63) is 29.6 Å². The molecule has 0 spiro atoms. The van der Waals surface area contributed by atoms with Crippen LogP contribution in [0, 0.1) is 23.1 Å². The van der Waals surface area contributed by atoms with Gasteiger partial charge in [-0.25, -0.2) is 4.39 Å². The van der Waals surface area contributed by atoms with Crippen LogP contribution in [0.25, 0.3) is 0 Å². The van der Waals surface area contributed by atoms with E-state index in [1.807, 2.05) is 0 Å². The third-order valence-electron chi connectivity index (χ3n) is 6.23. The highest BCUT2D eigenvalue weighted by atomic mass is 35.5. The summed E-state index contributed by atoms with van der Waals surface area (Å²) in [5, 5.41) is 0. The Hall–Kier alpha value is -1.62. The van der Waals surface area contributed by atoms with Gasteiger partial charge in [-0.05, 0) is 68.6 Å². The molecule has 4 nitrogen and oxygen atoms in total. The molecule has 4 aliphatic rings. The number of methoxy groups -OCH3 is 1. The van der Waals surface area contributed by atoms with E-state index >= 15 is 0 Å². The minimum Gasteiger partial charge on any atom is -0.494 e. The predicted octanol–water partition coefficient (Wildman–Crippen LogP) is 4.14. The average Bonchev–Trinajstić information content (AvgIpc) is 2.57. The number of Topliss-reactive ketones (excluding diaryl/α,β-unsaturated/α-hetero) is 1. The molecule has 5 rings (SSSR count). The number of hydrogen-bond donors (Lipinski definition) is 0. The second-order valence-corrected chi connectivity index (χ2v) is 9.04. The largest absolute Gasteiger partial charge is 0.494 e. The summed E-state index contributed by atoms with van der Waals surface area (Å²) in [4.78, 5) is 24.8. The van der Waals surface area contributed by atoms with Crippen LogP contribution in [-0.4, -0.2) is 30.3 Å². The van der Waals surface area contributed by atoms with Gasteiger partial charge < -0.3 is 9.47 Å². The van der Waals surface area contributed by atoms with Gasteiger partial charge in [0.15, 0.2) is 24.0 Å². The molecule has 1 aromatic carbocycles. The second kappa shape index (κ2) is 6.22. The molecule has 6 heteroatoms. The molecule has 0 radical (unpaired) electrons. The molecule has 4 fully saturated rings. The summed E-state index contributed by atoms with van der Waals surface area (Å²) in [6.45, 7) is -0.378. The first-order valence-electron chi connectivity index (χ1n) is 9.05. The normalized spacial score (nSPS) is 34.6. The van der Waals surface area contributed by atoms with E-state index in [4.69, 9.17) is 21.1 Å². The molecule has 0 N–H and O–H groups in total. The van der Waals surface area contributed by atoms with Gasteiger partial charge in [0.1, 0.15) is 0 Å². The average molecular weight is 381 g/mol. The second-order valence-electron chi connectivity index (χ2n) is 8.24. The molecule has 0 aliphatic heterocycles. The van der Waals surface area contributed by atoms with E-state index in [1.54, 1.807) is 0 Å². The fourth-order valence-electron chi connectivity index (χ4n) is 5.60. The van der Waals surface area contributed by atoms with Crippen LogP contribution in [0.4, 0.5) is 4.39 Å². The lowest BCUT2D eigenvalue weighted by Gasteiger charge is -2.58. The summed E-state index contributed by atoms with van der Waals surface area (Å²) in [6.07, 6.45) is 5.35. The summed E-state index contributed by atoms with van der Waals surface area (Å²) >= 11 is 6.74. The maximum atomic E-state index is 13.8. The maximum Gasteiger partial charge on any atom is 0.312 e. The van der Waals surface area contributed by atoms with Gasteiger partial charge in [0, 0.05) is 10.4 Å². The molecule has 0 heterocycles. The van der Waals surface area contributed by atoms with Gasteiger partial charge in [0.05, 0.1) is 12.5 Å². The number of carbonyl (C=O) groups is 2. The molecule has 0 saturated heterocycles. The molecule has 140 valence electrons. The summed E-state index contributed by atoms with van der Waals surface area (Å²) in [5.41, 5.74) is -0.382. The Morgan fingerprint density at radius 2 is 1.92 bits per heavy atom. The van der Waals surface area contributed by atoms with Crippen molar-refractivity contribution in [2.24, 2.45) is 17.3 Å². The van der Waals surface area contributed by atoms with Gasteiger partial charge in [0.2, 0.25) is 0 Å². The molecule has 4 atom stereocenters. The lowest BCUT2D eigenvalue weighted by molar-refractivity contribution is -0.168. The van der Waals surface area contributed by atoms with E-state index in [-0.39, 0.29) is 28.8 Å². The van der Waals surface area contributed by atoms with Crippen LogP contribution in [0.5, 0.6) is 5.75 Å². The van der Waals surface area contributed by atoms with Crippen molar-refractivity contribution in [1.29, 1.82) is 0 Å². The zero-order chi connectivity index (χ0) is 18.5. The first-order chi connectivity index (χ1) is 12.3. The Morgan fingerprint density at radius 3 is 2.50 bits per heavy atom. The van der Waals surface area contributed by atoms with Crippen LogP contribution in [0.3, 0.4) is 0 Å². The molecule has 4 aliphatic carbocycles. The van der Waals surface area contributed by atoms with E-state index in [0.29, 0.717) is 18.3 Å². The molecular formula is C20H22ClFO4. The highest BCUT2D eigenvalue weighted by molar-refractivity contribution is 6.24. The summed E-state index contributed by atoms with van der Waals surface area (Å²) in [5.74, 6) is -0.334. The van der Waals surface area contributed by atoms with Crippen LogP contribution in [-0.2, 0) is 9.53 Å². The van der Waals surface area contributed by atoms with E-state index in [9.17, 15) is 14.0 Å². The lowest BCUT2D eigenvalue weighted by Crippen LogP contribution is -2.56. The number of rotatable bonds is 5. The Kier molecular flexibility index (Phi) is 4.25. The van der Waals surface area contributed by atoms with Crippen LogP contribution < -0.4 is 4.74 Å². The molecule has 0 aromatic heterocycles. The minimum absolute atomic E-state index is 0.0690. The SMILES string of the molecule is COc1ccc(C(=O)COC(=O)C23C[C@@H]4C[C@@H](CC(Cl)(C4)C2)C3)cc1F. The number of halogens is 2. The van der Waals surface area contributed by atoms with E-state index in [2.05, 4.69) is 0 Å². The molecular weight excluding hydrogens is 359 g/mol. The smallest absolute Gasteiger partial charge is 0.312 e. The fourth-order valence-corrected chi connectivity index (χ4v) is 6.29. The fraction of sp³-hybridized carbons (Fsp3) is 0.600. The standard InChI is InChI=1S/C20H22ClFO4/c1-25-17-3-2-14(5-15(17)22)16(23)10-26-18(24)19-6-12-4-13(7-19)9-20(21,8-12)11-19/h2-3,5,12-13H,4,6-11H2,1H3/t12-,13+,19?,20?. The number of ketones is 1. The van der Waals surface area contributed by atoms with Crippen molar-refractivity contribution in [2.75, 3.05) is 13.7 Å². The Bertz CT molecular complexity index is 748. The Morgan fingerprint density at radius 1 is 1.23 bits per heavy atom. The van der Waals surface area contributed by atoms with Gasteiger partial charge in [-0.15, -0.1) is 11.6 Å². The van der Waals surface area contributed by atoms with Gasteiger partial charge in [-0.2, -0.15) is 0 Å².